The van der Waals surface area contributed by atoms with Crippen molar-refractivity contribution >= 4 is 5.82 Å². The summed E-state index contributed by atoms with van der Waals surface area (Å²) >= 11 is 0. The Kier molecular flexibility index (Phi) is 2.65. The Bertz CT molecular complexity index is 505. The molecule has 4 fully saturated rings. The van der Waals surface area contributed by atoms with Crippen molar-refractivity contribution in [2.24, 2.45) is 23.2 Å². The SMILES string of the molecule is Cc1cnc(N)c(C(O)C23CC4CC(CC(C4)C2)C3)c1. The molecule has 1 atom stereocenters. The average Bonchev–Trinajstić information content (AvgIpc) is 2.39. The van der Waals surface area contributed by atoms with Crippen molar-refractivity contribution in [3.05, 3.63) is 23.4 Å². The summed E-state index contributed by atoms with van der Waals surface area (Å²) < 4.78 is 0. The first-order chi connectivity index (χ1) is 9.56. The van der Waals surface area contributed by atoms with Crippen molar-refractivity contribution in [1.82, 2.24) is 4.98 Å². The average molecular weight is 272 g/mol. The van der Waals surface area contributed by atoms with Crippen molar-refractivity contribution in [3.63, 3.8) is 0 Å². The second-order valence-corrected chi connectivity index (χ2v) is 7.67. The van der Waals surface area contributed by atoms with E-state index in [1.165, 1.54) is 38.5 Å². The molecule has 4 aliphatic rings. The lowest BCUT2D eigenvalue weighted by molar-refractivity contribution is -0.122. The van der Waals surface area contributed by atoms with E-state index in [9.17, 15) is 5.11 Å². The van der Waals surface area contributed by atoms with E-state index in [0.29, 0.717) is 5.82 Å². The van der Waals surface area contributed by atoms with E-state index in [2.05, 4.69) is 4.98 Å². The fourth-order valence-corrected chi connectivity index (χ4v) is 5.66. The number of hydrogen-bond donors (Lipinski definition) is 2. The summed E-state index contributed by atoms with van der Waals surface area (Å²) in [6, 6.07) is 2.03. The lowest BCUT2D eigenvalue weighted by Crippen LogP contribution is -2.49. The molecule has 0 spiro atoms. The van der Waals surface area contributed by atoms with Crippen LogP contribution in [0.25, 0.3) is 0 Å². The Morgan fingerprint density at radius 1 is 1.20 bits per heavy atom. The maximum atomic E-state index is 11.1. The molecule has 0 saturated heterocycles. The highest BCUT2D eigenvalue weighted by atomic mass is 16.3. The Morgan fingerprint density at radius 2 is 1.75 bits per heavy atom. The molecule has 3 nitrogen and oxygen atoms in total. The first-order valence-corrected chi connectivity index (χ1v) is 7.96. The number of aromatic nitrogens is 1. The molecular formula is C17H24N2O. The first kappa shape index (κ1) is 12.6. The quantitative estimate of drug-likeness (QED) is 0.869. The molecule has 1 heterocycles. The number of aliphatic hydroxyl groups is 1. The number of nitrogens with two attached hydrogens (primary N) is 1. The van der Waals surface area contributed by atoms with Gasteiger partial charge in [0.05, 0.1) is 6.10 Å². The Morgan fingerprint density at radius 3 is 2.30 bits per heavy atom. The van der Waals surface area contributed by atoms with Gasteiger partial charge in [-0.3, -0.25) is 0 Å². The number of nitrogens with zero attached hydrogens (tertiary/aromatic N) is 1. The van der Waals surface area contributed by atoms with Gasteiger partial charge >= 0.3 is 0 Å². The molecule has 20 heavy (non-hydrogen) atoms. The van der Waals surface area contributed by atoms with E-state index < -0.39 is 6.10 Å². The number of hydrogen-bond acceptors (Lipinski definition) is 3. The van der Waals surface area contributed by atoms with E-state index in [1.807, 2.05) is 13.0 Å². The summed E-state index contributed by atoms with van der Waals surface area (Å²) in [5.41, 5.74) is 8.07. The predicted molar refractivity (Wildman–Crippen MR) is 79.0 cm³/mol. The Hall–Kier alpha value is -1.09. The van der Waals surface area contributed by atoms with Crippen LogP contribution in [-0.4, -0.2) is 10.1 Å². The van der Waals surface area contributed by atoms with Crippen molar-refractivity contribution in [2.75, 3.05) is 5.73 Å². The monoisotopic (exact) mass is 272 g/mol. The molecule has 108 valence electrons. The summed E-state index contributed by atoms with van der Waals surface area (Å²) in [6.45, 7) is 2.02. The fraction of sp³-hybridized carbons (Fsp3) is 0.706. The Labute approximate surface area is 120 Å². The van der Waals surface area contributed by atoms with Gasteiger partial charge in [0.25, 0.3) is 0 Å². The third-order valence-corrected chi connectivity index (χ3v) is 6.05. The van der Waals surface area contributed by atoms with Crippen LogP contribution in [-0.2, 0) is 0 Å². The second kappa shape index (κ2) is 4.20. The van der Waals surface area contributed by atoms with Crippen LogP contribution in [0.2, 0.25) is 0 Å². The number of rotatable bonds is 2. The van der Waals surface area contributed by atoms with Gasteiger partial charge in [-0.2, -0.15) is 0 Å². The highest BCUT2D eigenvalue weighted by Crippen LogP contribution is 2.64. The van der Waals surface area contributed by atoms with Crippen LogP contribution in [0.5, 0.6) is 0 Å². The molecule has 4 bridgehead atoms. The molecule has 1 aromatic rings. The highest BCUT2D eigenvalue weighted by Gasteiger charge is 2.54. The number of aryl methyl sites for hydroxylation is 1. The normalized spacial score (nSPS) is 40.0. The smallest absolute Gasteiger partial charge is 0.129 e. The molecule has 0 aliphatic heterocycles. The van der Waals surface area contributed by atoms with Crippen LogP contribution < -0.4 is 5.73 Å². The van der Waals surface area contributed by atoms with Gasteiger partial charge in [-0.25, -0.2) is 4.98 Å². The van der Waals surface area contributed by atoms with Crippen molar-refractivity contribution in [3.8, 4) is 0 Å². The first-order valence-electron chi connectivity index (χ1n) is 7.96. The summed E-state index contributed by atoms with van der Waals surface area (Å²) in [5.74, 6) is 3.04. The predicted octanol–water partition coefficient (Wildman–Crippen LogP) is 3.22. The van der Waals surface area contributed by atoms with E-state index in [0.717, 1.165) is 28.9 Å². The molecule has 5 rings (SSSR count). The minimum Gasteiger partial charge on any atom is -0.388 e. The molecule has 3 heteroatoms. The molecule has 1 aromatic heterocycles. The highest BCUT2D eigenvalue weighted by molar-refractivity contribution is 5.43. The third kappa shape index (κ3) is 1.79. The lowest BCUT2D eigenvalue weighted by Gasteiger charge is -2.58. The van der Waals surface area contributed by atoms with Gasteiger partial charge in [0.1, 0.15) is 5.82 Å². The maximum Gasteiger partial charge on any atom is 0.129 e. The zero-order chi connectivity index (χ0) is 13.9. The number of pyridine rings is 1. The van der Waals surface area contributed by atoms with Gasteiger partial charge in [-0.05, 0) is 74.8 Å². The standard InChI is InChI=1S/C17H24N2O/c1-10-2-14(16(18)19-9-10)15(20)17-6-11-3-12(7-17)5-13(4-11)8-17/h2,9,11-13,15,20H,3-8H2,1H3,(H2,18,19). The second-order valence-electron chi connectivity index (χ2n) is 7.67. The molecule has 0 radical (unpaired) electrons. The van der Waals surface area contributed by atoms with Gasteiger partial charge in [0.15, 0.2) is 0 Å². The summed E-state index contributed by atoms with van der Waals surface area (Å²) in [5, 5.41) is 11.1. The maximum absolute atomic E-state index is 11.1. The molecule has 4 aliphatic carbocycles. The van der Waals surface area contributed by atoms with Crippen LogP contribution in [0, 0.1) is 30.1 Å². The van der Waals surface area contributed by atoms with E-state index in [-0.39, 0.29) is 5.41 Å². The van der Waals surface area contributed by atoms with E-state index >= 15 is 0 Å². The van der Waals surface area contributed by atoms with Crippen LogP contribution >= 0.6 is 0 Å². The molecule has 4 saturated carbocycles. The zero-order valence-electron chi connectivity index (χ0n) is 12.2. The minimum absolute atomic E-state index is 0.0817. The lowest BCUT2D eigenvalue weighted by atomic mass is 9.47. The third-order valence-electron chi connectivity index (χ3n) is 6.05. The van der Waals surface area contributed by atoms with Gasteiger partial charge in [-0.1, -0.05) is 0 Å². The fourth-order valence-electron chi connectivity index (χ4n) is 5.66. The molecule has 1 unspecified atom stereocenters. The van der Waals surface area contributed by atoms with Crippen LogP contribution in [0.1, 0.15) is 55.8 Å². The summed E-state index contributed by atoms with van der Waals surface area (Å²) in [7, 11) is 0. The number of anilines is 1. The summed E-state index contributed by atoms with van der Waals surface area (Å²) in [6.07, 6.45) is 9.11. The number of aliphatic hydroxyl groups excluding tert-OH is 1. The topological polar surface area (TPSA) is 59.1 Å². The van der Waals surface area contributed by atoms with Crippen molar-refractivity contribution in [2.45, 2.75) is 51.6 Å². The molecule has 0 aromatic carbocycles. The van der Waals surface area contributed by atoms with Crippen LogP contribution in [0.3, 0.4) is 0 Å². The van der Waals surface area contributed by atoms with Crippen LogP contribution in [0.4, 0.5) is 5.82 Å². The molecule has 3 N–H and O–H groups in total. The van der Waals surface area contributed by atoms with Crippen molar-refractivity contribution in [1.29, 1.82) is 0 Å². The molecular weight excluding hydrogens is 248 g/mol. The largest absolute Gasteiger partial charge is 0.388 e. The van der Waals surface area contributed by atoms with E-state index in [4.69, 9.17) is 5.73 Å². The number of nitrogen functional groups attached to an aromatic ring is 1. The molecule has 0 amide bonds. The zero-order valence-corrected chi connectivity index (χ0v) is 12.2. The van der Waals surface area contributed by atoms with Crippen LogP contribution in [0.15, 0.2) is 12.3 Å². The van der Waals surface area contributed by atoms with Gasteiger partial charge in [-0.15, -0.1) is 0 Å². The summed E-state index contributed by atoms with van der Waals surface area (Å²) in [4.78, 5) is 4.25. The van der Waals surface area contributed by atoms with E-state index in [1.54, 1.807) is 6.20 Å². The van der Waals surface area contributed by atoms with Gasteiger partial charge in [0.2, 0.25) is 0 Å². The Balaban J connectivity index is 1.71. The van der Waals surface area contributed by atoms with Gasteiger partial charge < -0.3 is 10.8 Å². The van der Waals surface area contributed by atoms with Gasteiger partial charge in [0, 0.05) is 17.2 Å². The minimum atomic E-state index is -0.428. The van der Waals surface area contributed by atoms with Crippen molar-refractivity contribution < 1.29 is 5.11 Å².